The van der Waals surface area contributed by atoms with E-state index < -0.39 is 5.69 Å². The third-order valence-electron chi connectivity index (χ3n) is 6.07. The van der Waals surface area contributed by atoms with Gasteiger partial charge in [-0.05, 0) is 42.7 Å². The molecular formula is C23H26N4O4. The molecule has 0 spiro atoms. The van der Waals surface area contributed by atoms with Gasteiger partial charge in [0.2, 0.25) is 5.91 Å². The summed E-state index contributed by atoms with van der Waals surface area (Å²) in [5.41, 5.74) is 1.54. The van der Waals surface area contributed by atoms with Crippen LogP contribution in [0.2, 0.25) is 0 Å². The summed E-state index contributed by atoms with van der Waals surface area (Å²) in [5, 5.41) is 0.416. The molecule has 0 saturated carbocycles. The van der Waals surface area contributed by atoms with Crippen LogP contribution in [0.3, 0.4) is 0 Å². The molecule has 4 rings (SSSR count). The first-order chi connectivity index (χ1) is 14.9. The number of rotatable bonds is 5. The summed E-state index contributed by atoms with van der Waals surface area (Å²) in [7, 11) is 4.71. The van der Waals surface area contributed by atoms with E-state index in [1.54, 1.807) is 20.2 Å². The summed E-state index contributed by atoms with van der Waals surface area (Å²) in [6.45, 7) is 1.28. The number of methoxy groups -OCH3 is 1. The van der Waals surface area contributed by atoms with Crippen LogP contribution in [0.4, 0.5) is 0 Å². The molecule has 1 aliphatic rings. The highest BCUT2D eigenvalue weighted by molar-refractivity contribution is 5.77. The number of pyridine rings is 1. The Labute approximate surface area is 179 Å². The topological polar surface area (TPSA) is 86.4 Å². The molecule has 8 nitrogen and oxygen atoms in total. The van der Waals surface area contributed by atoms with Gasteiger partial charge in [0.25, 0.3) is 5.56 Å². The van der Waals surface area contributed by atoms with Crippen molar-refractivity contribution in [3.63, 3.8) is 0 Å². The summed E-state index contributed by atoms with van der Waals surface area (Å²) < 4.78 is 7.65. The van der Waals surface area contributed by atoms with E-state index in [1.807, 2.05) is 35.2 Å². The fraction of sp³-hybridized carbons (Fsp3) is 0.391. The molecular weight excluding hydrogens is 396 g/mol. The number of carbonyl (C=O) groups excluding carboxylic acids is 1. The van der Waals surface area contributed by atoms with E-state index in [1.165, 1.54) is 11.6 Å². The highest BCUT2D eigenvalue weighted by Crippen LogP contribution is 2.27. The maximum Gasteiger partial charge on any atom is 0.332 e. The highest BCUT2D eigenvalue weighted by Gasteiger charge is 2.28. The van der Waals surface area contributed by atoms with Crippen molar-refractivity contribution in [1.82, 2.24) is 19.0 Å². The summed E-state index contributed by atoms with van der Waals surface area (Å²) in [6.07, 6.45) is 1.95. The van der Waals surface area contributed by atoms with Gasteiger partial charge in [0.15, 0.2) is 0 Å². The van der Waals surface area contributed by atoms with Gasteiger partial charge in [-0.1, -0.05) is 12.1 Å². The van der Waals surface area contributed by atoms with Gasteiger partial charge in [-0.25, -0.2) is 9.78 Å². The van der Waals surface area contributed by atoms with E-state index in [4.69, 9.17) is 4.74 Å². The number of hydrogen-bond acceptors (Lipinski definition) is 5. The zero-order chi connectivity index (χ0) is 22.1. The largest absolute Gasteiger partial charge is 0.497 e. The van der Waals surface area contributed by atoms with Crippen LogP contribution in [0.25, 0.3) is 11.0 Å². The Morgan fingerprint density at radius 3 is 2.55 bits per heavy atom. The smallest absolute Gasteiger partial charge is 0.332 e. The lowest BCUT2D eigenvalue weighted by molar-refractivity contribution is -0.130. The van der Waals surface area contributed by atoms with E-state index in [0.717, 1.165) is 28.0 Å². The lowest BCUT2D eigenvalue weighted by atomic mass is 10.0. The number of likely N-dealkylation sites (tertiary alicyclic amines) is 1. The predicted molar refractivity (Wildman–Crippen MR) is 117 cm³/mol. The average Bonchev–Trinajstić information content (AvgIpc) is 3.30. The van der Waals surface area contributed by atoms with E-state index in [9.17, 15) is 14.4 Å². The molecule has 8 heteroatoms. The third-order valence-corrected chi connectivity index (χ3v) is 6.07. The van der Waals surface area contributed by atoms with Gasteiger partial charge in [-0.15, -0.1) is 0 Å². The molecule has 0 unspecified atom stereocenters. The van der Waals surface area contributed by atoms with Crippen LogP contribution in [0.15, 0.2) is 46.0 Å². The Kier molecular flexibility index (Phi) is 5.63. The second-order valence-corrected chi connectivity index (χ2v) is 7.99. The van der Waals surface area contributed by atoms with Gasteiger partial charge >= 0.3 is 5.69 Å². The normalized spacial score (nSPS) is 16.1. The monoisotopic (exact) mass is 422 g/mol. The molecule has 2 aromatic heterocycles. The molecule has 3 aromatic rings. The molecule has 0 bridgehead atoms. The van der Waals surface area contributed by atoms with Gasteiger partial charge in [0.05, 0.1) is 12.5 Å². The molecule has 0 N–H and O–H groups in total. The lowest BCUT2D eigenvalue weighted by Gasteiger charge is -2.17. The minimum absolute atomic E-state index is 0.0912. The van der Waals surface area contributed by atoms with Gasteiger partial charge < -0.3 is 9.64 Å². The maximum atomic E-state index is 12.7. The third kappa shape index (κ3) is 3.97. The number of nitrogens with zero attached hydrogens (tertiary/aromatic N) is 4. The molecule has 1 aromatic carbocycles. The van der Waals surface area contributed by atoms with E-state index in [-0.39, 0.29) is 17.4 Å². The number of carbonyl (C=O) groups is 1. The second-order valence-electron chi connectivity index (χ2n) is 7.99. The zero-order valence-electron chi connectivity index (χ0n) is 18.0. The molecule has 1 saturated heterocycles. The number of amides is 1. The Morgan fingerprint density at radius 1 is 1.10 bits per heavy atom. The van der Waals surface area contributed by atoms with E-state index in [0.29, 0.717) is 37.0 Å². The van der Waals surface area contributed by atoms with Gasteiger partial charge in [-0.2, -0.15) is 0 Å². The van der Waals surface area contributed by atoms with Gasteiger partial charge in [0.1, 0.15) is 11.4 Å². The molecule has 0 radical (unpaired) electrons. The van der Waals surface area contributed by atoms with Gasteiger partial charge in [0, 0.05) is 45.2 Å². The van der Waals surface area contributed by atoms with Crippen LogP contribution in [0.1, 0.15) is 30.0 Å². The predicted octanol–water partition coefficient (Wildman–Crippen LogP) is 1.59. The van der Waals surface area contributed by atoms with Crippen LogP contribution in [0, 0.1) is 0 Å². The van der Waals surface area contributed by atoms with Crippen molar-refractivity contribution < 1.29 is 9.53 Å². The van der Waals surface area contributed by atoms with Crippen LogP contribution >= 0.6 is 0 Å². The van der Waals surface area contributed by atoms with Crippen LogP contribution in [-0.4, -0.2) is 45.1 Å². The van der Waals surface area contributed by atoms with Crippen molar-refractivity contribution in [3.8, 4) is 5.75 Å². The van der Waals surface area contributed by atoms with Crippen molar-refractivity contribution in [1.29, 1.82) is 0 Å². The van der Waals surface area contributed by atoms with Crippen molar-refractivity contribution in [3.05, 3.63) is 68.5 Å². The van der Waals surface area contributed by atoms with Crippen molar-refractivity contribution in [2.45, 2.75) is 25.2 Å². The Balaban J connectivity index is 1.45. The molecule has 1 aliphatic heterocycles. The SMILES string of the molecule is COc1ccc(CCC(=O)N2CC[C@@H](c3ccc4c(=O)n(C)c(=O)n(C)c4n3)C2)cc1. The summed E-state index contributed by atoms with van der Waals surface area (Å²) >= 11 is 0. The first-order valence-electron chi connectivity index (χ1n) is 10.4. The number of fused-ring (bicyclic) bond motifs is 1. The zero-order valence-corrected chi connectivity index (χ0v) is 18.0. The molecule has 1 fully saturated rings. The molecule has 31 heavy (non-hydrogen) atoms. The van der Waals surface area contributed by atoms with Crippen molar-refractivity contribution in [2.24, 2.45) is 14.1 Å². The van der Waals surface area contributed by atoms with Gasteiger partial charge in [-0.3, -0.25) is 18.7 Å². The number of aromatic nitrogens is 3. The van der Waals surface area contributed by atoms with E-state index in [2.05, 4.69) is 4.98 Å². The highest BCUT2D eigenvalue weighted by atomic mass is 16.5. The Bertz CT molecular complexity index is 1240. The number of ether oxygens (including phenoxy) is 1. The molecule has 3 heterocycles. The van der Waals surface area contributed by atoms with E-state index >= 15 is 0 Å². The summed E-state index contributed by atoms with van der Waals surface area (Å²) in [4.78, 5) is 43.8. The van der Waals surface area contributed by atoms with Crippen LogP contribution < -0.4 is 16.0 Å². The molecule has 0 aliphatic carbocycles. The number of aryl methyl sites for hydroxylation is 2. The number of hydrogen-bond donors (Lipinski definition) is 0. The second kappa shape index (κ2) is 8.37. The fourth-order valence-corrected chi connectivity index (χ4v) is 4.13. The first-order valence-corrected chi connectivity index (χ1v) is 10.4. The average molecular weight is 422 g/mol. The van der Waals surface area contributed by atoms with Crippen LogP contribution in [-0.2, 0) is 25.3 Å². The summed E-state index contributed by atoms with van der Waals surface area (Å²) in [5.74, 6) is 1.02. The maximum absolute atomic E-state index is 12.7. The van der Waals surface area contributed by atoms with Crippen molar-refractivity contribution in [2.75, 3.05) is 20.2 Å². The summed E-state index contributed by atoms with van der Waals surface area (Å²) in [6, 6.07) is 11.3. The lowest BCUT2D eigenvalue weighted by Crippen LogP contribution is -2.37. The molecule has 1 amide bonds. The van der Waals surface area contributed by atoms with Crippen LogP contribution in [0.5, 0.6) is 5.75 Å². The Morgan fingerprint density at radius 2 is 1.84 bits per heavy atom. The molecule has 162 valence electrons. The minimum atomic E-state index is -0.399. The minimum Gasteiger partial charge on any atom is -0.497 e. The first kappa shape index (κ1) is 20.8. The quantitative estimate of drug-likeness (QED) is 0.623. The number of benzene rings is 1. The Hall–Kier alpha value is -3.42. The van der Waals surface area contributed by atoms with Crippen molar-refractivity contribution >= 4 is 16.9 Å². The molecule has 1 atom stereocenters. The fourth-order valence-electron chi connectivity index (χ4n) is 4.13. The standard InChI is InChI=1S/C23H26N4O4/c1-25-21-18(22(29)26(2)23(25)30)9-10-19(24-21)16-12-13-27(14-16)20(28)11-6-15-4-7-17(31-3)8-5-15/h4-5,7-10,16H,6,11-14H2,1-3H3/t16-/m1/s1.